The predicted octanol–water partition coefficient (Wildman–Crippen LogP) is 4.73. The van der Waals surface area contributed by atoms with Crippen molar-refractivity contribution in [2.45, 2.75) is 19.9 Å². The van der Waals surface area contributed by atoms with Crippen molar-refractivity contribution in [3.05, 3.63) is 55.9 Å². The Hall–Kier alpha value is -0.580. The summed E-state index contributed by atoms with van der Waals surface area (Å²) in [5, 5.41) is 3.34. The highest BCUT2D eigenvalue weighted by Gasteiger charge is 2.19. The lowest BCUT2D eigenvalue weighted by Crippen LogP contribution is -2.18. The first-order valence-electron chi connectivity index (χ1n) is 5.71. The summed E-state index contributed by atoms with van der Waals surface area (Å²) in [6, 6.07) is 6.40. The van der Waals surface area contributed by atoms with Crippen LogP contribution < -0.4 is 5.32 Å². The molecule has 96 valence electrons. The van der Waals surface area contributed by atoms with Crippen LogP contribution in [-0.4, -0.2) is 7.05 Å². The summed E-state index contributed by atoms with van der Waals surface area (Å²) in [6.07, 6.45) is 1.73. The second-order valence-electron chi connectivity index (χ2n) is 4.28. The van der Waals surface area contributed by atoms with Crippen LogP contribution in [0.2, 0.25) is 0 Å². The molecule has 2 aromatic rings. The van der Waals surface area contributed by atoms with Crippen molar-refractivity contribution >= 4 is 31.9 Å². The highest BCUT2D eigenvalue weighted by atomic mass is 79.9. The molecular formula is C14H15Br2NO. The zero-order valence-electron chi connectivity index (χ0n) is 10.6. The molecule has 18 heavy (non-hydrogen) atoms. The quantitative estimate of drug-likeness (QED) is 0.842. The molecule has 1 atom stereocenters. The van der Waals surface area contributed by atoms with Crippen molar-refractivity contribution in [3.63, 3.8) is 0 Å². The number of hydrogen-bond donors (Lipinski definition) is 1. The third-order valence-corrected chi connectivity index (χ3v) is 4.63. The van der Waals surface area contributed by atoms with Crippen molar-refractivity contribution in [1.82, 2.24) is 5.32 Å². The Morgan fingerprint density at radius 3 is 2.39 bits per heavy atom. The van der Waals surface area contributed by atoms with E-state index in [1.807, 2.05) is 20.0 Å². The molecule has 1 heterocycles. The maximum absolute atomic E-state index is 5.40. The number of halogens is 2. The van der Waals surface area contributed by atoms with Crippen LogP contribution >= 0.6 is 31.9 Å². The fraction of sp³-hybridized carbons (Fsp3) is 0.286. The van der Waals surface area contributed by atoms with Crippen LogP contribution in [0.5, 0.6) is 0 Å². The van der Waals surface area contributed by atoms with Gasteiger partial charge in [-0.25, -0.2) is 0 Å². The van der Waals surface area contributed by atoms with Crippen molar-refractivity contribution in [2.24, 2.45) is 0 Å². The molecular weight excluding hydrogens is 358 g/mol. The molecule has 0 saturated carbocycles. The minimum atomic E-state index is 0.120. The van der Waals surface area contributed by atoms with Gasteiger partial charge in [0.1, 0.15) is 5.76 Å². The van der Waals surface area contributed by atoms with Crippen molar-refractivity contribution < 1.29 is 4.42 Å². The summed E-state index contributed by atoms with van der Waals surface area (Å²) in [4.78, 5) is 0. The van der Waals surface area contributed by atoms with Gasteiger partial charge in [0.05, 0.1) is 12.3 Å². The van der Waals surface area contributed by atoms with Crippen LogP contribution in [0.15, 0.2) is 37.8 Å². The zero-order chi connectivity index (χ0) is 13.3. The highest BCUT2D eigenvalue weighted by molar-refractivity contribution is 9.11. The summed E-state index contributed by atoms with van der Waals surface area (Å²) < 4.78 is 7.61. The van der Waals surface area contributed by atoms with E-state index in [0.717, 1.165) is 20.3 Å². The molecule has 0 aliphatic heterocycles. The third kappa shape index (κ3) is 2.56. The van der Waals surface area contributed by atoms with Gasteiger partial charge in [-0.3, -0.25) is 0 Å². The minimum absolute atomic E-state index is 0.120. The molecule has 1 N–H and O–H groups in total. The zero-order valence-corrected chi connectivity index (χ0v) is 13.7. The summed E-state index contributed by atoms with van der Waals surface area (Å²) in [5.41, 5.74) is 3.57. The van der Waals surface area contributed by atoms with Crippen LogP contribution in [0.3, 0.4) is 0 Å². The van der Waals surface area contributed by atoms with Gasteiger partial charge < -0.3 is 9.73 Å². The minimum Gasteiger partial charge on any atom is -0.469 e. The molecule has 0 fully saturated rings. The van der Waals surface area contributed by atoms with Crippen LogP contribution in [0.25, 0.3) is 0 Å². The Labute approximate surface area is 124 Å². The molecule has 2 rings (SSSR count). The van der Waals surface area contributed by atoms with Gasteiger partial charge in [-0.2, -0.15) is 0 Å². The van der Waals surface area contributed by atoms with E-state index in [9.17, 15) is 0 Å². The average Bonchev–Trinajstić information content (AvgIpc) is 2.73. The fourth-order valence-corrected chi connectivity index (χ4v) is 3.10. The molecule has 0 bridgehead atoms. The van der Waals surface area contributed by atoms with Gasteiger partial charge in [0, 0.05) is 14.5 Å². The van der Waals surface area contributed by atoms with Crippen LogP contribution in [0, 0.1) is 13.8 Å². The summed E-state index contributed by atoms with van der Waals surface area (Å²) in [7, 11) is 1.96. The Balaban J connectivity index is 2.52. The molecule has 0 amide bonds. The average molecular weight is 373 g/mol. The van der Waals surface area contributed by atoms with E-state index in [0.29, 0.717) is 0 Å². The van der Waals surface area contributed by atoms with Crippen molar-refractivity contribution in [3.8, 4) is 0 Å². The maximum Gasteiger partial charge on any atom is 0.105 e. The van der Waals surface area contributed by atoms with Crippen LogP contribution in [0.4, 0.5) is 0 Å². The van der Waals surface area contributed by atoms with E-state index in [-0.39, 0.29) is 6.04 Å². The van der Waals surface area contributed by atoms with Gasteiger partial charge in [-0.05, 0) is 50.2 Å². The third-order valence-electron chi connectivity index (χ3n) is 3.09. The Kier molecular flexibility index (Phi) is 4.30. The summed E-state index contributed by atoms with van der Waals surface area (Å²) in [6.45, 7) is 4.06. The normalized spacial score (nSPS) is 12.7. The number of hydrogen-bond acceptors (Lipinski definition) is 2. The summed E-state index contributed by atoms with van der Waals surface area (Å²) >= 11 is 7.23. The molecule has 4 heteroatoms. The molecule has 0 saturated heterocycles. The molecule has 0 radical (unpaired) electrons. The van der Waals surface area contributed by atoms with Crippen LogP contribution in [0.1, 0.15) is 28.5 Å². The standard InChI is InChI=1S/C14H15Br2NO/c1-8-6-13(16)11(7-12(8)15)14(17-3)10-4-5-18-9(10)2/h4-7,14,17H,1-3H3. The second kappa shape index (κ2) is 5.59. The number of benzene rings is 1. The summed E-state index contributed by atoms with van der Waals surface area (Å²) in [5.74, 6) is 0.943. The molecule has 0 aliphatic carbocycles. The lowest BCUT2D eigenvalue weighted by molar-refractivity contribution is 0.523. The lowest BCUT2D eigenvalue weighted by Gasteiger charge is -2.19. The molecule has 2 nitrogen and oxygen atoms in total. The first kappa shape index (κ1) is 13.8. The van der Waals surface area contributed by atoms with E-state index in [1.165, 1.54) is 11.1 Å². The van der Waals surface area contributed by atoms with Gasteiger partial charge in [0.25, 0.3) is 0 Å². The topological polar surface area (TPSA) is 25.2 Å². The molecule has 1 aromatic carbocycles. The Bertz CT molecular complexity index is 563. The first-order valence-corrected chi connectivity index (χ1v) is 7.30. The number of aryl methyl sites for hydroxylation is 2. The highest BCUT2D eigenvalue weighted by Crippen LogP contribution is 2.34. The first-order chi connectivity index (χ1) is 8.54. The molecule has 0 aliphatic rings. The maximum atomic E-state index is 5.40. The molecule has 0 spiro atoms. The Morgan fingerprint density at radius 2 is 1.83 bits per heavy atom. The number of furan rings is 1. The van der Waals surface area contributed by atoms with Crippen molar-refractivity contribution in [2.75, 3.05) is 7.05 Å². The van der Waals surface area contributed by atoms with Crippen LogP contribution in [-0.2, 0) is 0 Å². The van der Waals surface area contributed by atoms with E-state index in [2.05, 4.69) is 56.2 Å². The van der Waals surface area contributed by atoms with E-state index in [4.69, 9.17) is 4.42 Å². The Morgan fingerprint density at radius 1 is 1.11 bits per heavy atom. The van der Waals surface area contributed by atoms with E-state index < -0.39 is 0 Å². The lowest BCUT2D eigenvalue weighted by atomic mass is 9.98. The molecule has 1 unspecified atom stereocenters. The molecule has 1 aromatic heterocycles. The number of rotatable bonds is 3. The van der Waals surface area contributed by atoms with E-state index >= 15 is 0 Å². The van der Waals surface area contributed by atoms with Gasteiger partial charge in [0.2, 0.25) is 0 Å². The number of nitrogens with one attached hydrogen (secondary N) is 1. The van der Waals surface area contributed by atoms with Gasteiger partial charge in [-0.15, -0.1) is 0 Å². The van der Waals surface area contributed by atoms with E-state index in [1.54, 1.807) is 6.26 Å². The monoisotopic (exact) mass is 371 g/mol. The predicted molar refractivity (Wildman–Crippen MR) is 80.9 cm³/mol. The largest absolute Gasteiger partial charge is 0.469 e. The smallest absolute Gasteiger partial charge is 0.105 e. The van der Waals surface area contributed by atoms with Crippen molar-refractivity contribution in [1.29, 1.82) is 0 Å². The second-order valence-corrected chi connectivity index (χ2v) is 5.99. The van der Waals surface area contributed by atoms with Gasteiger partial charge >= 0.3 is 0 Å². The van der Waals surface area contributed by atoms with Gasteiger partial charge in [-0.1, -0.05) is 31.9 Å². The fourth-order valence-electron chi connectivity index (χ4n) is 2.06. The van der Waals surface area contributed by atoms with Gasteiger partial charge in [0.15, 0.2) is 0 Å². The SMILES string of the molecule is CNC(c1cc(Br)c(C)cc1Br)c1ccoc1C.